The molecule has 150 valence electrons. The highest BCUT2D eigenvalue weighted by Gasteiger charge is 2.19. The van der Waals surface area contributed by atoms with Crippen molar-refractivity contribution >= 4 is 17.9 Å². The van der Waals surface area contributed by atoms with Crippen molar-refractivity contribution in [2.75, 3.05) is 6.54 Å². The van der Waals surface area contributed by atoms with Gasteiger partial charge in [-0.15, -0.1) is 0 Å². The highest BCUT2D eigenvalue weighted by molar-refractivity contribution is 5.94. The predicted molar refractivity (Wildman–Crippen MR) is 109 cm³/mol. The number of amides is 2. The van der Waals surface area contributed by atoms with Crippen LogP contribution in [0, 0.1) is 13.8 Å². The van der Waals surface area contributed by atoms with Gasteiger partial charge in [-0.3, -0.25) is 9.59 Å². The molecule has 0 aromatic carbocycles. The number of hydrogen-bond donors (Lipinski definition) is 2. The molecule has 3 rings (SSSR count). The van der Waals surface area contributed by atoms with Gasteiger partial charge in [-0.05, 0) is 56.5 Å². The summed E-state index contributed by atoms with van der Waals surface area (Å²) in [5.74, 6) is 0.136. The second kappa shape index (κ2) is 9.44. The van der Waals surface area contributed by atoms with Gasteiger partial charge in [0.05, 0.1) is 19.4 Å². The molecular formula is C22H29N3O3. The molecule has 0 saturated heterocycles. The zero-order valence-electron chi connectivity index (χ0n) is 16.7. The van der Waals surface area contributed by atoms with Crippen molar-refractivity contribution in [3.8, 4) is 0 Å². The van der Waals surface area contributed by atoms with E-state index < -0.39 is 0 Å². The molecule has 1 aliphatic carbocycles. The lowest BCUT2D eigenvalue weighted by molar-refractivity contribution is -0.124. The fraction of sp³-hybridized carbons (Fsp3) is 0.455. The van der Waals surface area contributed by atoms with Crippen LogP contribution in [-0.4, -0.2) is 22.9 Å². The second-order valence-corrected chi connectivity index (χ2v) is 7.40. The van der Waals surface area contributed by atoms with Gasteiger partial charge >= 0.3 is 0 Å². The summed E-state index contributed by atoms with van der Waals surface area (Å²) in [5.41, 5.74) is 3.49. The molecule has 1 aliphatic rings. The third kappa shape index (κ3) is 5.15. The third-order valence-corrected chi connectivity index (χ3v) is 5.34. The monoisotopic (exact) mass is 383 g/mol. The first-order chi connectivity index (χ1) is 13.5. The van der Waals surface area contributed by atoms with Crippen LogP contribution in [0.3, 0.4) is 0 Å². The van der Waals surface area contributed by atoms with E-state index in [0.717, 1.165) is 5.56 Å². The number of nitrogens with zero attached hydrogens (tertiary/aromatic N) is 1. The van der Waals surface area contributed by atoms with Crippen molar-refractivity contribution in [1.82, 2.24) is 15.2 Å². The predicted octanol–water partition coefficient (Wildman–Crippen LogP) is 3.65. The summed E-state index contributed by atoms with van der Waals surface area (Å²) >= 11 is 0. The SMILES string of the molecule is Cc1cc(/C=C/C(=O)NCC(=O)NCc2ccco2)c(C)n1C1CCCCC1. The third-order valence-electron chi connectivity index (χ3n) is 5.34. The van der Waals surface area contributed by atoms with E-state index >= 15 is 0 Å². The van der Waals surface area contributed by atoms with Crippen LogP contribution in [0.15, 0.2) is 35.0 Å². The van der Waals surface area contributed by atoms with Gasteiger partial charge in [-0.1, -0.05) is 19.3 Å². The lowest BCUT2D eigenvalue weighted by Gasteiger charge is -2.26. The summed E-state index contributed by atoms with van der Waals surface area (Å²) in [4.78, 5) is 23.9. The first-order valence-corrected chi connectivity index (χ1v) is 9.98. The van der Waals surface area contributed by atoms with E-state index in [1.54, 1.807) is 18.4 Å². The molecule has 2 aromatic rings. The zero-order chi connectivity index (χ0) is 19.9. The first-order valence-electron chi connectivity index (χ1n) is 9.98. The van der Waals surface area contributed by atoms with Gasteiger partial charge in [0.15, 0.2) is 0 Å². The molecule has 0 radical (unpaired) electrons. The quantitative estimate of drug-likeness (QED) is 0.717. The van der Waals surface area contributed by atoms with E-state index in [2.05, 4.69) is 35.1 Å². The molecule has 2 amide bonds. The van der Waals surface area contributed by atoms with Crippen LogP contribution in [-0.2, 0) is 16.1 Å². The Kier molecular flexibility index (Phi) is 6.74. The average molecular weight is 383 g/mol. The molecule has 0 bridgehead atoms. The molecular weight excluding hydrogens is 354 g/mol. The number of rotatable bonds is 7. The van der Waals surface area contributed by atoms with Crippen LogP contribution >= 0.6 is 0 Å². The minimum Gasteiger partial charge on any atom is -0.467 e. The van der Waals surface area contributed by atoms with Gasteiger partial charge in [0, 0.05) is 23.5 Å². The van der Waals surface area contributed by atoms with Gasteiger partial charge in [0.2, 0.25) is 11.8 Å². The maximum atomic E-state index is 12.1. The number of aromatic nitrogens is 1. The molecule has 2 N–H and O–H groups in total. The Balaban J connectivity index is 1.50. The highest BCUT2D eigenvalue weighted by atomic mass is 16.3. The van der Waals surface area contributed by atoms with Gasteiger partial charge in [0.25, 0.3) is 0 Å². The van der Waals surface area contributed by atoms with Gasteiger partial charge < -0.3 is 19.6 Å². The van der Waals surface area contributed by atoms with E-state index in [0.29, 0.717) is 18.3 Å². The Hall–Kier alpha value is -2.76. The van der Waals surface area contributed by atoms with Crippen LogP contribution in [0.1, 0.15) is 60.9 Å². The van der Waals surface area contributed by atoms with E-state index in [9.17, 15) is 9.59 Å². The Labute approximate surface area is 166 Å². The topological polar surface area (TPSA) is 76.3 Å². The lowest BCUT2D eigenvalue weighted by atomic mass is 9.95. The first kappa shape index (κ1) is 20.0. The van der Waals surface area contributed by atoms with Gasteiger partial charge in [-0.25, -0.2) is 0 Å². The fourth-order valence-electron chi connectivity index (χ4n) is 3.93. The molecule has 28 heavy (non-hydrogen) atoms. The largest absolute Gasteiger partial charge is 0.467 e. The lowest BCUT2D eigenvalue weighted by Crippen LogP contribution is -2.35. The number of carbonyl (C=O) groups is 2. The van der Waals surface area contributed by atoms with Gasteiger partial charge in [0.1, 0.15) is 5.76 Å². The summed E-state index contributed by atoms with van der Waals surface area (Å²) in [6.07, 6.45) is 11.2. The summed E-state index contributed by atoms with van der Waals surface area (Å²) in [5, 5.41) is 5.31. The van der Waals surface area contributed by atoms with Crippen molar-refractivity contribution in [3.05, 3.63) is 53.2 Å². The maximum Gasteiger partial charge on any atom is 0.244 e. The summed E-state index contributed by atoms with van der Waals surface area (Å²) in [6, 6.07) is 6.25. The maximum absolute atomic E-state index is 12.1. The van der Waals surface area contributed by atoms with Crippen LogP contribution in [0.25, 0.3) is 6.08 Å². The van der Waals surface area contributed by atoms with E-state index in [4.69, 9.17) is 4.42 Å². The van der Waals surface area contributed by atoms with Crippen molar-refractivity contribution in [3.63, 3.8) is 0 Å². The Morgan fingerprint density at radius 2 is 2.00 bits per heavy atom. The van der Waals surface area contributed by atoms with Gasteiger partial charge in [-0.2, -0.15) is 0 Å². The van der Waals surface area contributed by atoms with Crippen molar-refractivity contribution in [2.45, 2.75) is 58.5 Å². The molecule has 2 aromatic heterocycles. The molecule has 1 saturated carbocycles. The molecule has 6 heteroatoms. The highest BCUT2D eigenvalue weighted by Crippen LogP contribution is 2.32. The zero-order valence-corrected chi connectivity index (χ0v) is 16.7. The molecule has 1 fully saturated rings. The molecule has 0 unspecified atom stereocenters. The number of aryl methyl sites for hydroxylation is 1. The van der Waals surface area contributed by atoms with Crippen LogP contribution in [0.4, 0.5) is 0 Å². The molecule has 0 aliphatic heterocycles. The number of furan rings is 1. The second-order valence-electron chi connectivity index (χ2n) is 7.40. The molecule has 6 nitrogen and oxygen atoms in total. The summed E-state index contributed by atoms with van der Waals surface area (Å²) in [6.45, 7) is 4.49. The van der Waals surface area contributed by atoms with Crippen LogP contribution in [0.5, 0.6) is 0 Å². The molecule has 0 atom stereocenters. The van der Waals surface area contributed by atoms with E-state index in [1.165, 1.54) is 49.6 Å². The average Bonchev–Trinajstić information content (AvgIpc) is 3.31. The van der Waals surface area contributed by atoms with E-state index in [1.807, 2.05) is 6.08 Å². The minimum absolute atomic E-state index is 0.0645. The Morgan fingerprint density at radius 3 is 2.71 bits per heavy atom. The summed E-state index contributed by atoms with van der Waals surface area (Å²) < 4.78 is 7.56. The Bertz CT molecular complexity index is 828. The minimum atomic E-state index is -0.282. The Morgan fingerprint density at radius 1 is 1.21 bits per heavy atom. The molecule has 2 heterocycles. The van der Waals surface area contributed by atoms with Crippen molar-refractivity contribution in [1.29, 1.82) is 0 Å². The van der Waals surface area contributed by atoms with Crippen LogP contribution < -0.4 is 10.6 Å². The van der Waals surface area contributed by atoms with Crippen LogP contribution in [0.2, 0.25) is 0 Å². The number of hydrogen-bond acceptors (Lipinski definition) is 3. The summed E-state index contributed by atoms with van der Waals surface area (Å²) in [7, 11) is 0. The number of carbonyl (C=O) groups excluding carboxylic acids is 2. The normalized spacial score (nSPS) is 15.1. The van der Waals surface area contributed by atoms with Crippen molar-refractivity contribution < 1.29 is 14.0 Å². The van der Waals surface area contributed by atoms with Crippen molar-refractivity contribution in [2.24, 2.45) is 0 Å². The smallest absolute Gasteiger partial charge is 0.244 e. The number of nitrogens with one attached hydrogen (secondary N) is 2. The fourth-order valence-corrected chi connectivity index (χ4v) is 3.93. The molecule has 0 spiro atoms. The standard InChI is InChI=1S/C22H29N3O3/c1-16-13-18(17(2)25(16)19-7-4-3-5-8-19)10-11-21(26)24-15-22(27)23-14-20-9-6-12-28-20/h6,9-13,19H,3-5,7-8,14-15H2,1-2H3,(H,23,27)(H,24,26)/b11-10+. The van der Waals surface area contributed by atoms with E-state index in [-0.39, 0.29) is 18.4 Å².